The Hall–Kier alpha value is -2.67. The largest absolute Gasteiger partial charge is 0.489 e. The molecule has 0 amide bonds. The summed E-state index contributed by atoms with van der Waals surface area (Å²) in [6.07, 6.45) is 2.00. The number of nitroso groups, excluding NO2 is 1. The molecule has 2 aromatic carbocycles. The zero-order valence-electron chi connectivity index (χ0n) is 12.5. The van der Waals surface area contributed by atoms with Crippen molar-refractivity contribution in [2.24, 2.45) is 5.18 Å². The Morgan fingerprint density at radius 2 is 1.82 bits per heavy atom. The number of ether oxygens (including phenoxy) is 1. The Morgan fingerprint density at radius 1 is 1.14 bits per heavy atom. The van der Waals surface area contributed by atoms with E-state index < -0.39 is 6.04 Å². The molecule has 0 saturated heterocycles. The van der Waals surface area contributed by atoms with Crippen LogP contribution in [0.5, 0.6) is 5.75 Å². The molecule has 1 unspecified atom stereocenters. The number of hydrogen-bond donors (Lipinski definition) is 0. The topological polar surface area (TPSA) is 62.4 Å². The van der Waals surface area contributed by atoms with Crippen LogP contribution < -0.4 is 4.74 Å². The lowest BCUT2D eigenvalue weighted by atomic mass is 10.0. The summed E-state index contributed by atoms with van der Waals surface area (Å²) in [5.74, 6) is 0.840. The van der Waals surface area contributed by atoms with Crippen LogP contribution in [-0.4, -0.2) is 0 Å². The maximum absolute atomic E-state index is 10.8. The van der Waals surface area contributed by atoms with Crippen molar-refractivity contribution in [2.75, 3.05) is 0 Å². The Labute approximate surface area is 130 Å². The van der Waals surface area contributed by atoms with Crippen LogP contribution in [-0.2, 0) is 13.0 Å². The highest BCUT2D eigenvalue weighted by Gasteiger charge is 2.15. The minimum Gasteiger partial charge on any atom is -0.489 e. The molecule has 0 aliphatic heterocycles. The van der Waals surface area contributed by atoms with Gasteiger partial charge in [-0.3, -0.25) is 0 Å². The van der Waals surface area contributed by atoms with Crippen molar-refractivity contribution in [1.29, 1.82) is 5.26 Å². The summed E-state index contributed by atoms with van der Waals surface area (Å²) in [6, 6.07) is 16.1. The fraction of sp³-hybridized carbons (Fsp3) is 0.278. The van der Waals surface area contributed by atoms with Gasteiger partial charge in [0.15, 0.2) is 0 Å². The lowest BCUT2D eigenvalue weighted by Gasteiger charge is -2.13. The first kappa shape index (κ1) is 15.7. The Kier molecular flexibility index (Phi) is 5.67. The van der Waals surface area contributed by atoms with E-state index in [9.17, 15) is 4.91 Å². The SMILES string of the molecule is CCCc1ccccc1OCc1ccccc1C(C#N)N=O. The minimum atomic E-state index is -0.995. The van der Waals surface area contributed by atoms with E-state index in [0.717, 1.165) is 29.7 Å². The Morgan fingerprint density at radius 3 is 2.50 bits per heavy atom. The molecule has 4 heteroatoms. The predicted octanol–water partition coefficient (Wildman–Crippen LogP) is 4.55. The van der Waals surface area contributed by atoms with Gasteiger partial charge in [-0.05, 0) is 28.8 Å². The molecule has 0 spiro atoms. The summed E-state index contributed by atoms with van der Waals surface area (Å²) >= 11 is 0. The summed E-state index contributed by atoms with van der Waals surface area (Å²) in [5.41, 5.74) is 2.57. The third kappa shape index (κ3) is 3.70. The van der Waals surface area contributed by atoms with E-state index in [2.05, 4.69) is 18.2 Å². The van der Waals surface area contributed by atoms with E-state index in [-0.39, 0.29) is 0 Å². The van der Waals surface area contributed by atoms with Gasteiger partial charge in [0.05, 0.1) is 6.07 Å². The van der Waals surface area contributed by atoms with E-state index in [1.165, 1.54) is 0 Å². The zero-order valence-corrected chi connectivity index (χ0v) is 12.5. The average Bonchev–Trinajstić information content (AvgIpc) is 2.56. The van der Waals surface area contributed by atoms with Crippen molar-refractivity contribution in [3.05, 3.63) is 70.1 Å². The number of nitriles is 1. The van der Waals surface area contributed by atoms with Crippen molar-refractivity contribution in [3.63, 3.8) is 0 Å². The number of para-hydroxylation sites is 1. The molecule has 0 bridgehead atoms. The third-order valence-electron chi connectivity index (χ3n) is 3.45. The molecule has 0 N–H and O–H groups in total. The van der Waals surface area contributed by atoms with Gasteiger partial charge in [-0.2, -0.15) is 5.26 Å². The summed E-state index contributed by atoms with van der Waals surface area (Å²) in [6.45, 7) is 2.43. The van der Waals surface area contributed by atoms with E-state index in [1.54, 1.807) is 12.1 Å². The summed E-state index contributed by atoms with van der Waals surface area (Å²) in [5, 5.41) is 11.9. The van der Waals surface area contributed by atoms with E-state index in [0.29, 0.717) is 12.2 Å². The predicted molar refractivity (Wildman–Crippen MR) is 85.4 cm³/mol. The molecule has 0 heterocycles. The number of aryl methyl sites for hydroxylation is 1. The first-order chi connectivity index (χ1) is 10.8. The molecule has 0 aromatic heterocycles. The van der Waals surface area contributed by atoms with Gasteiger partial charge in [0.1, 0.15) is 12.4 Å². The molecule has 0 aliphatic rings. The average molecular weight is 294 g/mol. The quantitative estimate of drug-likeness (QED) is 0.704. The van der Waals surface area contributed by atoms with Crippen LogP contribution in [0.15, 0.2) is 53.7 Å². The maximum atomic E-state index is 10.8. The molecule has 1 atom stereocenters. The van der Waals surface area contributed by atoms with Crippen molar-refractivity contribution >= 4 is 0 Å². The first-order valence-corrected chi connectivity index (χ1v) is 7.30. The summed E-state index contributed by atoms with van der Waals surface area (Å²) < 4.78 is 5.90. The smallest absolute Gasteiger partial charge is 0.203 e. The second-order valence-corrected chi connectivity index (χ2v) is 4.98. The summed E-state index contributed by atoms with van der Waals surface area (Å²) in [4.78, 5) is 10.8. The molecule has 2 aromatic rings. The molecule has 0 radical (unpaired) electrons. The molecule has 22 heavy (non-hydrogen) atoms. The number of nitrogens with zero attached hydrogens (tertiary/aromatic N) is 2. The van der Waals surface area contributed by atoms with Crippen LogP contribution in [0.1, 0.15) is 36.1 Å². The summed E-state index contributed by atoms with van der Waals surface area (Å²) in [7, 11) is 0. The van der Waals surface area contributed by atoms with Gasteiger partial charge in [-0.1, -0.05) is 55.8 Å². The fourth-order valence-electron chi connectivity index (χ4n) is 2.36. The van der Waals surface area contributed by atoms with Gasteiger partial charge in [-0.25, -0.2) is 0 Å². The molecular weight excluding hydrogens is 276 g/mol. The molecule has 0 saturated carbocycles. The lowest BCUT2D eigenvalue weighted by molar-refractivity contribution is 0.301. The van der Waals surface area contributed by atoms with Crippen LogP contribution in [0.2, 0.25) is 0 Å². The van der Waals surface area contributed by atoms with Crippen molar-refractivity contribution in [2.45, 2.75) is 32.4 Å². The third-order valence-corrected chi connectivity index (χ3v) is 3.45. The van der Waals surface area contributed by atoms with E-state index in [4.69, 9.17) is 10.00 Å². The molecule has 0 aliphatic carbocycles. The molecule has 112 valence electrons. The van der Waals surface area contributed by atoms with Gasteiger partial charge >= 0.3 is 0 Å². The van der Waals surface area contributed by atoms with Gasteiger partial charge in [0, 0.05) is 5.56 Å². The standard InChI is InChI=1S/C18H18N2O2/c1-2-7-14-8-4-6-11-18(14)22-13-15-9-3-5-10-16(15)17(12-19)20-21/h3-6,8-11,17H,2,7,13H2,1H3. The Balaban J connectivity index is 2.19. The van der Waals surface area contributed by atoms with E-state index in [1.807, 2.05) is 36.4 Å². The highest BCUT2D eigenvalue weighted by molar-refractivity contribution is 5.36. The zero-order chi connectivity index (χ0) is 15.8. The first-order valence-electron chi connectivity index (χ1n) is 7.30. The van der Waals surface area contributed by atoms with Crippen LogP contribution >= 0.6 is 0 Å². The number of benzene rings is 2. The molecule has 4 nitrogen and oxygen atoms in total. The monoisotopic (exact) mass is 294 g/mol. The molecule has 2 rings (SSSR count). The second kappa shape index (κ2) is 7.94. The number of rotatable bonds is 7. The van der Waals surface area contributed by atoms with Gasteiger partial charge < -0.3 is 4.74 Å². The van der Waals surface area contributed by atoms with Gasteiger partial charge in [-0.15, -0.1) is 4.91 Å². The molecule has 0 fully saturated rings. The normalized spacial score (nSPS) is 11.5. The Bertz CT molecular complexity index is 677. The highest BCUT2D eigenvalue weighted by atomic mass is 16.5. The highest BCUT2D eigenvalue weighted by Crippen LogP contribution is 2.24. The van der Waals surface area contributed by atoms with Gasteiger partial charge in [0.25, 0.3) is 0 Å². The fourth-order valence-corrected chi connectivity index (χ4v) is 2.36. The maximum Gasteiger partial charge on any atom is 0.203 e. The van der Waals surface area contributed by atoms with Gasteiger partial charge in [0.2, 0.25) is 6.04 Å². The molecular formula is C18H18N2O2. The van der Waals surface area contributed by atoms with Crippen LogP contribution in [0.4, 0.5) is 0 Å². The van der Waals surface area contributed by atoms with Crippen molar-refractivity contribution in [3.8, 4) is 11.8 Å². The van der Waals surface area contributed by atoms with E-state index >= 15 is 0 Å². The number of hydrogen-bond acceptors (Lipinski definition) is 4. The second-order valence-electron chi connectivity index (χ2n) is 4.98. The van der Waals surface area contributed by atoms with Crippen LogP contribution in [0, 0.1) is 16.2 Å². The van der Waals surface area contributed by atoms with Crippen LogP contribution in [0.3, 0.4) is 0 Å². The van der Waals surface area contributed by atoms with Crippen molar-refractivity contribution < 1.29 is 4.74 Å². The van der Waals surface area contributed by atoms with Crippen LogP contribution in [0.25, 0.3) is 0 Å². The lowest BCUT2D eigenvalue weighted by Crippen LogP contribution is -2.04. The minimum absolute atomic E-state index is 0.310. The van der Waals surface area contributed by atoms with Crippen molar-refractivity contribution in [1.82, 2.24) is 0 Å².